The minimum Gasteiger partial charge on any atom is -0.456 e. The zero-order valence-electron chi connectivity index (χ0n) is 22.0. The first kappa shape index (κ1) is 34.9. The summed E-state index contributed by atoms with van der Waals surface area (Å²) in [6.45, 7) is 2.38. The molecule has 0 saturated carbocycles. The van der Waals surface area contributed by atoms with Gasteiger partial charge >= 0.3 is 35.1 Å². The minimum absolute atomic E-state index is 0.111. The summed E-state index contributed by atoms with van der Waals surface area (Å²) in [5.74, 6) is -0.790. The summed E-state index contributed by atoms with van der Waals surface area (Å²) in [6.07, 6.45) is -0.897. The Bertz CT molecular complexity index is 1560. The van der Waals surface area contributed by atoms with Crippen LogP contribution in [-0.4, -0.2) is 60.2 Å². The lowest BCUT2D eigenvalue weighted by molar-refractivity contribution is -0.0512. The summed E-state index contributed by atoms with van der Waals surface area (Å²) in [6, 6.07) is 6.65. The van der Waals surface area contributed by atoms with Gasteiger partial charge in [0, 0.05) is 23.4 Å². The van der Waals surface area contributed by atoms with Gasteiger partial charge < -0.3 is 29.0 Å². The fourth-order valence-corrected chi connectivity index (χ4v) is 8.66. The molecule has 1 saturated heterocycles. The summed E-state index contributed by atoms with van der Waals surface area (Å²) in [5.41, 5.74) is -0.469. The highest BCUT2D eigenvalue weighted by atomic mass is 33.1. The third kappa shape index (κ3) is 9.72. The smallest absolute Gasteiger partial charge is 0.456 e. The molecular formula is C20H27N2O15P3S2. The van der Waals surface area contributed by atoms with Crippen LogP contribution in [0, 0.1) is 6.92 Å². The molecule has 42 heavy (non-hydrogen) atoms. The highest BCUT2D eigenvalue weighted by Crippen LogP contribution is 2.66. The van der Waals surface area contributed by atoms with Crippen molar-refractivity contribution >= 4 is 51.0 Å². The van der Waals surface area contributed by atoms with Gasteiger partial charge in [-0.25, -0.2) is 23.3 Å². The van der Waals surface area contributed by atoms with Crippen molar-refractivity contribution < 1.29 is 60.7 Å². The van der Waals surface area contributed by atoms with Crippen LogP contribution in [0.2, 0.25) is 0 Å². The largest absolute Gasteiger partial charge is 0.490 e. The number of H-pyrrole nitrogens is 1. The molecule has 2 heterocycles. The molecule has 0 spiro atoms. The number of nitrogens with one attached hydrogen (secondary N) is 1. The number of aromatic amines is 1. The Hall–Kier alpha value is -1.56. The Morgan fingerprint density at radius 1 is 1.14 bits per heavy atom. The van der Waals surface area contributed by atoms with Crippen molar-refractivity contribution in [3.05, 3.63) is 68.0 Å². The van der Waals surface area contributed by atoms with Gasteiger partial charge in [-0.2, -0.15) is 8.62 Å². The van der Waals surface area contributed by atoms with Crippen LogP contribution in [0.3, 0.4) is 0 Å². The standard InChI is InChI=1S/C20H27N2O15P3S2/c1-11-9-22(20(25)21-18(11)23)17-8-15(35-19(24)14-7-5-4-6-13(14)12(2)42-41-3)16(34-17)10-33-39(29,30)37-40(31,32)36-38(26,27)28/h4-7,9,12,15-17H,8,10H2,1-3H3,(H,29,30)(H,31,32)(H,21,23,25)(H2,26,27,28)/t12?,15-,16-,17-/m1/s1. The molecular weight excluding hydrogens is 665 g/mol. The lowest BCUT2D eigenvalue weighted by Crippen LogP contribution is -2.33. The van der Waals surface area contributed by atoms with E-state index in [-0.39, 0.29) is 22.8 Å². The molecule has 1 aromatic heterocycles. The van der Waals surface area contributed by atoms with E-state index in [1.165, 1.54) is 34.7 Å². The quantitative estimate of drug-likeness (QED) is 0.115. The SMILES string of the molecule is CSSC(C)c1ccccc1C(=O)O[C@@H]1C[C@H](n2cc(C)c(=O)[nH]c2=O)O[C@@H]1COP(=O)(O)OP(=O)(O)OP(=O)(O)O. The van der Waals surface area contributed by atoms with Crippen LogP contribution in [0.4, 0.5) is 0 Å². The van der Waals surface area contributed by atoms with E-state index < -0.39 is 65.7 Å². The number of phosphoric acid groups is 3. The van der Waals surface area contributed by atoms with Crippen LogP contribution >= 0.6 is 45.1 Å². The molecule has 234 valence electrons. The van der Waals surface area contributed by atoms with E-state index >= 15 is 0 Å². The molecule has 0 amide bonds. The lowest BCUT2D eigenvalue weighted by Gasteiger charge is -2.22. The molecule has 17 nitrogen and oxygen atoms in total. The monoisotopic (exact) mass is 692 g/mol. The Morgan fingerprint density at radius 3 is 2.45 bits per heavy atom. The number of aryl methyl sites for hydroxylation is 1. The first-order valence-electron chi connectivity index (χ1n) is 11.7. The molecule has 1 aromatic carbocycles. The van der Waals surface area contributed by atoms with Gasteiger partial charge in [-0.05, 0) is 31.7 Å². The molecule has 5 N–H and O–H groups in total. The topological polar surface area (TPSA) is 250 Å². The predicted molar refractivity (Wildman–Crippen MR) is 150 cm³/mol. The molecule has 22 heteroatoms. The van der Waals surface area contributed by atoms with Gasteiger partial charge in [-0.3, -0.25) is 18.9 Å². The fraction of sp³-hybridized carbons (Fsp3) is 0.450. The van der Waals surface area contributed by atoms with Gasteiger partial charge in [0.2, 0.25) is 0 Å². The molecule has 3 rings (SSSR count). The van der Waals surface area contributed by atoms with Crippen molar-refractivity contribution in [2.45, 2.75) is 44.0 Å². The summed E-state index contributed by atoms with van der Waals surface area (Å²) in [7, 11) is -13.9. The minimum atomic E-state index is -5.78. The Balaban J connectivity index is 1.86. The highest BCUT2D eigenvalue weighted by Gasteiger charge is 2.44. The molecule has 2 aromatic rings. The van der Waals surface area contributed by atoms with Crippen LogP contribution in [0.25, 0.3) is 0 Å². The number of hydrogen-bond donors (Lipinski definition) is 5. The fourth-order valence-electron chi connectivity index (χ4n) is 3.85. The second-order valence-corrected chi connectivity index (χ2v) is 15.9. The van der Waals surface area contributed by atoms with Crippen molar-refractivity contribution in [3.63, 3.8) is 0 Å². The number of esters is 1. The number of nitrogens with zero attached hydrogens (tertiary/aromatic N) is 1. The van der Waals surface area contributed by atoms with E-state index in [2.05, 4.69) is 18.1 Å². The number of phosphoric ester groups is 1. The first-order valence-corrected chi connectivity index (χ1v) is 18.8. The van der Waals surface area contributed by atoms with Crippen molar-refractivity contribution in [1.82, 2.24) is 9.55 Å². The number of benzene rings is 1. The Labute approximate surface area is 245 Å². The number of rotatable bonds is 13. The number of carbonyl (C=O) groups excluding carboxylic acids is 1. The molecule has 0 bridgehead atoms. The zero-order valence-corrected chi connectivity index (χ0v) is 26.3. The molecule has 0 radical (unpaired) electrons. The third-order valence-corrected chi connectivity index (χ3v) is 11.6. The maximum atomic E-state index is 13.3. The van der Waals surface area contributed by atoms with Crippen molar-refractivity contribution in [2.75, 3.05) is 12.9 Å². The van der Waals surface area contributed by atoms with E-state index in [1.54, 1.807) is 24.3 Å². The van der Waals surface area contributed by atoms with E-state index in [9.17, 15) is 37.9 Å². The van der Waals surface area contributed by atoms with Gasteiger partial charge in [0.25, 0.3) is 5.56 Å². The Kier molecular flexibility index (Phi) is 11.7. The molecule has 1 aliphatic heterocycles. The summed E-state index contributed by atoms with van der Waals surface area (Å²) >= 11 is 0. The maximum absolute atomic E-state index is 13.3. The van der Waals surface area contributed by atoms with Crippen molar-refractivity contribution in [1.29, 1.82) is 0 Å². The molecule has 1 aliphatic rings. The molecule has 3 unspecified atom stereocenters. The number of ether oxygens (including phenoxy) is 2. The molecule has 6 atom stereocenters. The third-order valence-electron chi connectivity index (χ3n) is 5.57. The van der Waals surface area contributed by atoms with Crippen LogP contribution in [0.1, 0.15) is 46.3 Å². The van der Waals surface area contributed by atoms with E-state index in [4.69, 9.17) is 19.3 Å². The highest BCUT2D eigenvalue weighted by molar-refractivity contribution is 8.76. The van der Waals surface area contributed by atoms with E-state index in [1.807, 2.05) is 13.2 Å². The normalized spacial score (nSPS) is 22.7. The van der Waals surface area contributed by atoms with Crippen LogP contribution < -0.4 is 11.2 Å². The summed E-state index contributed by atoms with van der Waals surface area (Å²) in [5, 5.41) is -0.111. The van der Waals surface area contributed by atoms with E-state index in [0.717, 1.165) is 4.57 Å². The van der Waals surface area contributed by atoms with Crippen LogP contribution in [-0.2, 0) is 36.3 Å². The number of carbonyl (C=O) groups is 1. The van der Waals surface area contributed by atoms with E-state index in [0.29, 0.717) is 5.56 Å². The summed E-state index contributed by atoms with van der Waals surface area (Å²) < 4.78 is 59.3. The Morgan fingerprint density at radius 2 is 1.81 bits per heavy atom. The molecule has 0 aliphatic carbocycles. The average molecular weight is 692 g/mol. The van der Waals surface area contributed by atoms with Gasteiger partial charge in [0.1, 0.15) is 18.4 Å². The predicted octanol–water partition coefficient (Wildman–Crippen LogP) is 2.77. The number of hydrogen-bond acceptors (Lipinski definition) is 13. The zero-order chi connectivity index (χ0) is 31.5. The second kappa shape index (κ2) is 14.0. The van der Waals surface area contributed by atoms with Gasteiger partial charge in [-0.15, -0.1) is 0 Å². The lowest BCUT2D eigenvalue weighted by atomic mass is 10.0. The first-order chi connectivity index (χ1) is 19.4. The van der Waals surface area contributed by atoms with Crippen molar-refractivity contribution in [3.8, 4) is 0 Å². The van der Waals surface area contributed by atoms with Crippen LogP contribution in [0.5, 0.6) is 0 Å². The van der Waals surface area contributed by atoms with Crippen LogP contribution in [0.15, 0.2) is 40.1 Å². The van der Waals surface area contributed by atoms with Gasteiger partial charge in [0.05, 0.1) is 12.2 Å². The summed E-state index contributed by atoms with van der Waals surface area (Å²) in [4.78, 5) is 76.3. The average Bonchev–Trinajstić information content (AvgIpc) is 3.25. The molecule has 1 fully saturated rings. The maximum Gasteiger partial charge on any atom is 0.490 e. The van der Waals surface area contributed by atoms with Crippen molar-refractivity contribution in [2.24, 2.45) is 0 Å². The number of aromatic nitrogens is 2. The van der Waals surface area contributed by atoms with Gasteiger partial charge in [0.15, 0.2) is 0 Å². The van der Waals surface area contributed by atoms with Gasteiger partial charge in [-0.1, -0.05) is 39.8 Å². The second-order valence-electron chi connectivity index (χ2n) is 8.67.